The zero-order chi connectivity index (χ0) is 14.3. The fourth-order valence-corrected chi connectivity index (χ4v) is 2.22. The van der Waals surface area contributed by atoms with Gasteiger partial charge in [-0.25, -0.2) is 17.6 Å². The van der Waals surface area contributed by atoms with Crippen LogP contribution in [0.2, 0.25) is 0 Å². The van der Waals surface area contributed by atoms with Crippen LogP contribution in [0.4, 0.5) is 17.6 Å². The summed E-state index contributed by atoms with van der Waals surface area (Å²) in [5.41, 5.74) is 4.92. The van der Waals surface area contributed by atoms with Crippen molar-refractivity contribution in [1.29, 1.82) is 0 Å². The predicted octanol–water partition coefficient (Wildman–Crippen LogP) is 1.19. The molecule has 4 N–H and O–H groups in total. The molecule has 0 bridgehead atoms. The molecular formula is C11H13F4N3O. The number of allylic oxidation sites excluding steroid dienone is 3. The van der Waals surface area contributed by atoms with Crippen molar-refractivity contribution in [2.75, 3.05) is 13.2 Å². The van der Waals surface area contributed by atoms with Gasteiger partial charge >= 0.3 is 0 Å². The van der Waals surface area contributed by atoms with Gasteiger partial charge in [0.1, 0.15) is 18.3 Å². The molecular weight excluding hydrogens is 266 g/mol. The summed E-state index contributed by atoms with van der Waals surface area (Å²) in [5.74, 6) is -1.66. The van der Waals surface area contributed by atoms with Crippen LogP contribution in [0.25, 0.3) is 0 Å². The lowest BCUT2D eigenvalue weighted by Gasteiger charge is -2.43. The Morgan fingerprint density at radius 3 is 2.58 bits per heavy atom. The largest absolute Gasteiger partial charge is 0.402 e. The van der Waals surface area contributed by atoms with Crippen LogP contribution in [0, 0.1) is 0 Å². The Morgan fingerprint density at radius 2 is 2.00 bits per heavy atom. The lowest BCUT2D eigenvalue weighted by Crippen LogP contribution is -2.62. The van der Waals surface area contributed by atoms with E-state index in [1.165, 1.54) is 0 Å². The van der Waals surface area contributed by atoms with Gasteiger partial charge in [-0.2, -0.15) is 0 Å². The molecule has 8 heteroatoms. The van der Waals surface area contributed by atoms with E-state index >= 15 is 0 Å². The first kappa shape index (κ1) is 13.9. The summed E-state index contributed by atoms with van der Waals surface area (Å²) in [7, 11) is 0. The maximum atomic E-state index is 14.9. The van der Waals surface area contributed by atoms with Crippen LogP contribution < -0.4 is 11.5 Å². The Balaban J connectivity index is 2.54. The molecule has 1 aliphatic carbocycles. The van der Waals surface area contributed by atoms with Gasteiger partial charge in [0.15, 0.2) is 11.2 Å². The lowest BCUT2D eigenvalue weighted by molar-refractivity contribution is -0.0884. The molecule has 1 heterocycles. The highest BCUT2D eigenvalue weighted by Gasteiger charge is 2.63. The fraction of sp³-hybridized carbons (Fsp3) is 0.545. The van der Waals surface area contributed by atoms with E-state index in [1.807, 2.05) is 0 Å². The fourth-order valence-electron chi connectivity index (χ4n) is 2.22. The van der Waals surface area contributed by atoms with Gasteiger partial charge in [-0.05, 0) is 12.2 Å². The molecule has 0 aromatic carbocycles. The Bertz CT molecular complexity index is 477. The molecule has 106 valence electrons. The first-order chi connectivity index (χ1) is 8.82. The third-order valence-corrected chi connectivity index (χ3v) is 3.23. The highest BCUT2D eigenvalue weighted by molar-refractivity contribution is 5.82. The summed E-state index contributed by atoms with van der Waals surface area (Å²) in [4.78, 5) is 3.47. The van der Waals surface area contributed by atoms with Gasteiger partial charge in [0.2, 0.25) is 0 Å². The lowest BCUT2D eigenvalue weighted by atomic mass is 9.75. The number of amidine groups is 1. The van der Waals surface area contributed by atoms with Gasteiger partial charge in [0.05, 0.1) is 6.61 Å². The number of hydrogen-bond donors (Lipinski definition) is 2. The van der Waals surface area contributed by atoms with E-state index in [9.17, 15) is 17.6 Å². The molecule has 4 nitrogen and oxygen atoms in total. The van der Waals surface area contributed by atoms with Crippen molar-refractivity contribution < 1.29 is 22.3 Å². The van der Waals surface area contributed by atoms with E-state index in [2.05, 4.69) is 4.99 Å². The van der Waals surface area contributed by atoms with E-state index in [1.54, 1.807) is 0 Å². The van der Waals surface area contributed by atoms with Crippen LogP contribution in [0.15, 0.2) is 28.7 Å². The number of hydrogen-bond acceptors (Lipinski definition) is 4. The van der Waals surface area contributed by atoms with Gasteiger partial charge in [-0.15, -0.1) is 0 Å². The standard InChI is InChI=1S/C11H13F4N3O/c12-7-2-1-6(16)3-10(7,15)11(9(13)14)5-19-4-8(17)18-11/h1-2,9H,3-5,16H2,(H2,17,18)/t10?,11-/m0/s1. The Morgan fingerprint density at radius 1 is 1.32 bits per heavy atom. The smallest absolute Gasteiger partial charge is 0.269 e. The van der Waals surface area contributed by atoms with Crippen LogP contribution in [0.5, 0.6) is 0 Å². The second-order valence-electron chi connectivity index (χ2n) is 4.56. The summed E-state index contributed by atoms with van der Waals surface area (Å²) < 4.78 is 60.2. The van der Waals surface area contributed by atoms with Gasteiger partial charge < -0.3 is 16.2 Å². The average Bonchev–Trinajstić information content (AvgIpc) is 2.33. The van der Waals surface area contributed by atoms with Crippen LogP contribution in [0.3, 0.4) is 0 Å². The van der Waals surface area contributed by atoms with E-state index in [0.29, 0.717) is 0 Å². The van der Waals surface area contributed by atoms with Crippen molar-refractivity contribution in [2.45, 2.75) is 24.1 Å². The zero-order valence-corrected chi connectivity index (χ0v) is 9.88. The molecule has 2 atom stereocenters. The number of rotatable bonds is 2. The molecule has 0 aromatic rings. The minimum Gasteiger partial charge on any atom is -0.402 e. The number of nitrogens with zero attached hydrogens (tertiary/aromatic N) is 1. The summed E-state index contributed by atoms with van der Waals surface area (Å²) in [6, 6.07) is 0. The Labute approximate surface area is 106 Å². The predicted molar refractivity (Wildman–Crippen MR) is 61.1 cm³/mol. The number of ether oxygens (including phenoxy) is 1. The minimum atomic E-state index is -3.29. The van der Waals surface area contributed by atoms with Crippen molar-refractivity contribution in [3.8, 4) is 0 Å². The molecule has 1 unspecified atom stereocenters. The topological polar surface area (TPSA) is 73.6 Å². The first-order valence-corrected chi connectivity index (χ1v) is 5.53. The summed E-state index contributed by atoms with van der Waals surface area (Å²) >= 11 is 0. The third-order valence-electron chi connectivity index (χ3n) is 3.23. The van der Waals surface area contributed by atoms with Crippen LogP contribution in [-0.2, 0) is 4.74 Å². The molecule has 0 radical (unpaired) electrons. The van der Waals surface area contributed by atoms with Crippen molar-refractivity contribution >= 4 is 5.84 Å². The number of alkyl halides is 3. The van der Waals surface area contributed by atoms with E-state index in [-0.39, 0.29) is 18.1 Å². The van der Waals surface area contributed by atoms with Crippen LogP contribution >= 0.6 is 0 Å². The molecule has 0 saturated carbocycles. The third kappa shape index (κ3) is 1.99. The van der Waals surface area contributed by atoms with Crippen LogP contribution in [-0.4, -0.2) is 36.7 Å². The highest BCUT2D eigenvalue weighted by Crippen LogP contribution is 2.47. The van der Waals surface area contributed by atoms with Gasteiger partial charge in [0.25, 0.3) is 6.43 Å². The molecule has 0 amide bonds. The average molecular weight is 279 g/mol. The molecule has 0 aromatic heterocycles. The normalized spacial score (nSPS) is 35.7. The van der Waals surface area contributed by atoms with Gasteiger partial charge in [-0.3, -0.25) is 4.99 Å². The molecule has 2 rings (SSSR count). The highest BCUT2D eigenvalue weighted by atomic mass is 19.3. The SMILES string of the molecule is NC1=CC=C(F)C(F)([C@@]2(C(F)F)COCC(N)=N2)C1. The van der Waals surface area contributed by atoms with Gasteiger partial charge in [0, 0.05) is 12.1 Å². The van der Waals surface area contributed by atoms with Crippen molar-refractivity contribution in [3.05, 3.63) is 23.7 Å². The Hall–Kier alpha value is -1.57. The quantitative estimate of drug-likeness (QED) is 0.746. The molecule has 0 fully saturated rings. The summed E-state index contributed by atoms with van der Waals surface area (Å²) in [5, 5.41) is 0. The molecule has 0 spiro atoms. The Kier molecular flexibility index (Phi) is 3.29. The summed E-state index contributed by atoms with van der Waals surface area (Å²) in [6.07, 6.45) is -2.16. The number of halogens is 4. The second-order valence-corrected chi connectivity index (χ2v) is 4.56. The summed E-state index contributed by atoms with van der Waals surface area (Å²) in [6.45, 7) is -0.961. The number of aliphatic imine (C=N–C) groups is 1. The first-order valence-electron chi connectivity index (χ1n) is 5.53. The van der Waals surface area contributed by atoms with E-state index < -0.39 is 36.5 Å². The van der Waals surface area contributed by atoms with E-state index in [4.69, 9.17) is 16.2 Å². The van der Waals surface area contributed by atoms with Crippen LogP contribution in [0.1, 0.15) is 6.42 Å². The second kappa shape index (κ2) is 4.52. The van der Waals surface area contributed by atoms with E-state index in [0.717, 1.165) is 12.2 Å². The van der Waals surface area contributed by atoms with Gasteiger partial charge in [-0.1, -0.05) is 0 Å². The number of nitrogens with two attached hydrogens (primary N) is 2. The van der Waals surface area contributed by atoms with Crippen molar-refractivity contribution in [3.63, 3.8) is 0 Å². The molecule has 0 saturated heterocycles. The maximum Gasteiger partial charge on any atom is 0.269 e. The van der Waals surface area contributed by atoms with Crippen molar-refractivity contribution in [1.82, 2.24) is 0 Å². The molecule has 1 aliphatic heterocycles. The molecule has 2 aliphatic rings. The maximum absolute atomic E-state index is 14.9. The zero-order valence-electron chi connectivity index (χ0n) is 9.88. The molecule has 19 heavy (non-hydrogen) atoms. The monoisotopic (exact) mass is 279 g/mol. The van der Waals surface area contributed by atoms with Crippen molar-refractivity contribution in [2.24, 2.45) is 16.5 Å². The minimum absolute atomic E-state index is 0.0525.